The molecule has 0 saturated carbocycles. The first-order valence-corrected chi connectivity index (χ1v) is 12.9. The molecule has 0 unspecified atom stereocenters. The van der Waals surface area contributed by atoms with Crippen LogP contribution in [0.3, 0.4) is 0 Å². The fourth-order valence-electron chi connectivity index (χ4n) is 3.32. The van der Waals surface area contributed by atoms with Crippen LogP contribution < -0.4 is 0 Å². The van der Waals surface area contributed by atoms with Gasteiger partial charge in [0, 0.05) is 30.6 Å². The first-order valence-electron chi connectivity index (χ1n) is 9.65. The number of fused-ring (bicyclic) bond motifs is 1. The molecule has 0 fully saturated rings. The molecule has 158 valence electrons. The maximum Gasteiger partial charge on any atom is 0.346 e. The lowest BCUT2D eigenvalue weighted by molar-refractivity contribution is 0.195. The van der Waals surface area contributed by atoms with E-state index in [1.165, 1.54) is 0 Å². The van der Waals surface area contributed by atoms with E-state index in [4.69, 9.17) is 18.1 Å². The largest absolute Gasteiger partial charge is 0.350 e. The summed E-state index contributed by atoms with van der Waals surface area (Å²) < 4.78 is 51.6. The zero-order valence-electron chi connectivity index (χ0n) is 17.3. The van der Waals surface area contributed by atoms with Crippen molar-refractivity contribution in [2.24, 2.45) is 7.05 Å². The van der Waals surface area contributed by atoms with Crippen LogP contribution in [0.5, 0.6) is 0 Å². The molecule has 2 rings (SSSR count). The molecule has 0 N–H and O–H groups in total. The number of benzene rings is 1. The number of aromatic nitrogens is 1. The van der Waals surface area contributed by atoms with Gasteiger partial charge in [-0.2, -0.15) is 0 Å². The summed E-state index contributed by atoms with van der Waals surface area (Å²) in [6.07, 6.45) is 2.14. The standard InChI is InChI=1S/C19H31NO6P2/c1-6-23-27(21,24-7-2)19(28(22,25-8-3)26-9-4)14-16-15-20(5)18-13-11-10-12-17(16)18/h10-13,15,19H,6-9,14H2,1-5H3. The molecule has 1 aromatic carbocycles. The molecule has 0 saturated heterocycles. The summed E-state index contributed by atoms with van der Waals surface area (Å²) in [4.78, 5) is 0. The van der Waals surface area contributed by atoms with Gasteiger partial charge in [-0.05, 0) is 39.3 Å². The lowest BCUT2D eigenvalue weighted by atomic mass is 10.1. The van der Waals surface area contributed by atoms with E-state index in [2.05, 4.69) is 0 Å². The second kappa shape index (κ2) is 10.2. The first-order chi connectivity index (χ1) is 13.3. The van der Waals surface area contributed by atoms with Crippen LogP contribution >= 0.6 is 15.2 Å². The Balaban J connectivity index is 2.59. The Kier molecular flexibility index (Phi) is 8.50. The molecule has 1 aromatic heterocycles. The third-order valence-electron chi connectivity index (χ3n) is 4.35. The smallest absolute Gasteiger partial charge is 0.346 e. The lowest BCUT2D eigenvalue weighted by Gasteiger charge is -2.31. The van der Waals surface area contributed by atoms with Crippen LogP contribution in [-0.2, 0) is 40.7 Å². The lowest BCUT2D eigenvalue weighted by Crippen LogP contribution is -2.20. The molecule has 0 spiro atoms. The number of rotatable bonds is 12. The van der Waals surface area contributed by atoms with E-state index in [1.807, 2.05) is 42.1 Å². The van der Waals surface area contributed by atoms with Gasteiger partial charge in [0.05, 0.1) is 26.4 Å². The summed E-state index contributed by atoms with van der Waals surface area (Å²) in [5, 5.41) is -0.0558. The molecule has 0 aliphatic carbocycles. The molecule has 0 atom stereocenters. The van der Waals surface area contributed by atoms with E-state index in [1.54, 1.807) is 27.7 Å². The predicted molar refractivity (Wildman–Crippen MR) is 112 cm³/mol. The third kappa shape index (κ3) is 4.96. The van der Waals surface area contributed by atoms with Crippen molar-refractivity contribution in [2.75, 3.05) is 26.4 Å². The van der Waals surface area contributed by atoms with Crippen LogP contribution in [0.1, 0.15) is 33.3 Å². The molecule has 7 nitrogen and oxygen atoms in total. The quantitative estimate of drug-likeness (QED) is 0.409. The zero-order valence-corrected chi connectivity index (χ0v) is 19.1. The zero-order chi connectivity index (χ0) is 20.8. The van der Waals surface area contributed by atoms with Crippen molar-refractivity contribution in [1.82, 2.24) is 4.57 Å². The molecule has 0 aliphatic rings. The van der Waals surface area contributed by atoms with Crippen molar-refractivity contribution in [3.63, 3.8) is 0 Å². The summed E-state index contributed by atoms with van der Waals surface area (Å²) in [7, 11) is -5.59. The maximum atomic E-state index is 13.7. The second-order valence-corrected chi connectivity index (χ2v) is 11.1. The Morgan fingerprint density at radius 1 is 0.857 bits per heavy atom. The highest BCUT2D eigenvalue weighted by molar-refractivity contribution is 7.72. The fourth-order valence-corrected chi connectivity index (χ4v) is 8.62. The number of hydrogen-bond acceptors (Lipinski definition) is 6. The summed E-state index contributed by atoms with van der Waals surface area (Å²) in [5.74, 6) is 0. The first kappa shape index (κ1) is 23.3. The molecule has 0 bridgehead atoms. The molecule has 2 aromatic rings. The van der Waals surface area contributed by atoms with Crippen molar-refractivity contribution in [1.29, 1.82) is 0 Å². The van der Waals surface area contributed by atoms with Crippen molar-refractivity contribution < 1.29 is 27.2 Å². The van der Waals surface area contributed by atoms with E-state index in [0.29, 0.717) is 0 Å². The summed E-state index contributed by atoms with van der Waals surface area (Å²) >= 11 is 0. The van der Waals surface area contributed by atoms with Gasteiger partial charge in [-0.15, -0.1) is 0 Å². The molecule has 0 radical (unpaired) electrons. The highest BCUT2D eigenvalue weighted by Crippen LogP contribution is 2.71. The second-order valence-electron chi connectivity index (χ2n) is 6.22. The van der Waals surface area contributed by atoms with Gasteiger partial charge in [0.2, 0.25) is 0 Å². The number of nitrogens with zero attached hydrogens (tertiary/aromatic N) is 1. The molecular weight excluding hydrogens is 400 g/mol. The maximum absolute atomic E-state index is 13.7. The van der Waals surface area contributed by atoms with Gasteiger partial charge in [0.25, 0.3) is 0 Å². The van der Waals surface area contributed by atoms with E-state index in [-0.39, 0.29) is 32.8 Å². The Morgan fingerprint density at radius 2 is 1.32 bits per heavy atom. The van der Waals surface area contributed by atoms with Crippen molar-refractivity contribution >= 4 is 26.1 Å². The van der Waals surface area contributed by atoms with Crippen LogP contribution in [0.25, 0.3) is 10.9 Å². The van der Waals surface area contributed by atoms with Gasteiger partial charge >= 0.3 is 15.2 Å². The number of aryl methyl sites for hydroxylation is 1. The molecule has 0 aliphatic heterocycles. The normalized spacial score (nSPS) is 12.9. The van der Waals surface area contributed by atoms with Crippen LogP contribution in [-0.4, -0.2) is 36.4 Å². The summed E-state index contributed by atoms with van der Waals surface area (Å²) in [6.45, 7) is 7.59. The molecule has 0 amide bonds. The average molecular weight is 431 g/mol. The Morgan fingerprint density at radius 3 is 1.79 bits per heavy atom. The SMILES string of the molecule is CCOP(=O)(OCC)C(Cc1cn(C)c2ccccc12)P(=O)(OCC)OCC. The summed E-state index contributed by atoms with van der Waals surface area (Å²) in [6, 6.07) is 7.89. The number of hydrogen-bond donors (Lipinski definition) is 0. The summed E-state index contributed by atoms with van der Waals surface area (Å²) in [5.41, 5.74) is 1.92. The van der Waals surface area contributed by atoms with Crippen LogP contribution in [0.15, 0.2) is 30.5 Å². The third-order valence-corrected chi connectivity index (χ3v) is 10.3. The minimum absolute atomic E-state index is 0.168. The highest BCUT2D eigenvalue weighted by atomic mass is 31.2. The molecule has 9 heteroatoms. The van der Waals surface area contributed by atoms with E-state index in [0.717, 1.165) is 16.5 Å². The van der Waals surface area contributed by atoms with Gasteiger partial charge in [-0.25, -0.2) is 0 Å². The van der Waals surface area contributed by atoms with Crippen LogP contribution in [0.2, 0.25) is 0 Å². The van der Waals surface area contributed by atoms with Crippen LogP contribution in [0, 0.1) is 0 Å². The highest BCUT2D eigenvalue weighted by Gasteiger charge is 2.50. The van der Waals surface area contributed by atoms with Crippen LogP contribution in [0.4, 0.5) is 0 Å². The van der Waals surface area contributed by atoms with Gasteiger partial charge in [-0.1, -0.05) is 18.2 Å². The molecular formula is C19H31NO6P2. The predicted octanol–water partition coefficient (Wildman–Crippen LogP) is 5.58. The average Bonchev–Trinajstić information content (AvgIpc) is 2.96. The van der Waals surface area contributed by atoms with E-state index >= 15 is 0 Å². The fraction of sp³-hybridized carbons (Fsp3) is 0.579. The number of para-hydroxylation sites is 1. The van der Waals surface area contributed by atoms with E-state index in [9.17, 15) is 9.13 Å². The van der Waals surface area contributed by atoms with Gasteiger partial charge in [0.15, 0.2) is 5.40 Å². The van der Waals surface area contributed by atoms with Gasteiger partial charge in [0.1, 0.15) is 0 Å². The van der Waals surface area contributed by atoms with E-state index < -0.39 is 20.6 Å². The van der Waals surface area contributed by atoms with Crippen molar-refractivity contribution in [3.8, 4) is 0 Å². The topological polar surface area (TPSA) is 76.0 Å². The van der Waals surface area contributed by atoms with Crippen molar-refractivity contribution in [2.45, 2.75) is 39.5 Å². The Labute approximate surface area is 167 Å². The van der Waals surface area contributed by atoms with Gasteiger partial charge in [-0.3, -0.25) is 9.13 Å². The Bertz CT molecular complexity index is 815. The minimum Gasteiger partial charge on any atom is -0.350 e. The van der Waals surface area contributed by atoms with Crippen molar-refractivity contribution in [3.05, 3.63) is 36.0 Å². The van der Waals surface area contributed by atoms with Gasteiger partial charge < -0.3 is 22.7 Å². The molecule has 28 heavy (non-hydrogen) atoms. The minimum atomic E-state index is -3.77. The Hall–Kier alpha value is -0.940. The molecule has 1 heterocycles. The monoisotopic (exact) mass is 431 g/mol.